The zero-order valence-corrected chi connectivity index (χ0v) is 10.9. The van der Waals surface area contributed by atoms with Crippen LogP contribution in [0.2, 0.25) is 0 Å². The van der Waals surface area contributed by atoms with Crippen LogP contribution in [0.3, 0.4) is 0 Å². The number of rotatable bonds is 8. The first-order valence-corrected chi connectivity index (χ1v) is 6.13. The summed E-state index contributed by atoms with van der Waals surface area (Å²) in [4.78, 5) is 22.4. The fourth-order valence-electron chi connectivity index (χ4n) is 1.42. The van der Waals surface area contributed by atoms with Crippen molar-refractivity contribution in [3.63, 3.8) is 0 Å². The largest absolute Gasteiger partial charge is 0.481 e. The topological polar surface area (TPSA) is 92.4 Å². The standard InChI is InChI=1S/C12H24N2O3/c1-4-5-9(12(16)17)7-14-11(15)6-10(13)8(2)3/h8-10H,4-7,13H2,1-3H3,(H,14,15)(H,16,17). The molecule has 0 bridgehead atoms. The zero-order chi connectivity index (χ0) is 13.4. The van der Waals surface area contributed by atoms with Crippen molar-refractivity contribution in [1.82, 2.24) is 5.32 Å². The Kier molecular flexibility index (Phi) is 7.54. The molecule has 1 amide bonds. The second-order valence-electron chi connectivity index (χ2n) is 4.74. The predicted octanol–water partition coefficient (Wildman–Crippen LogP) is 0.977. The van der Waals surface area contributed by atoms with Gasteiger partial charge in [-0.05, 0) is 12.3 Å². The molecular weight excluding hydrogens is 220 g/mol. The van der Waals surface area contributed by atoms with Gasteiger partial charge in [0.15, 0.2) is 0 Å². The number of amides is 1. The number of carboxylic acids is 1. The maximum absolute atomic E-state index is 11.5. The van der Waals surface area contributed by atoms with Crippen molar-refractivity contribution in [2.24, 2.45) is 17.6 Å². The van der Waals surface area contributed by atoms with Gasteiger partial charge in [-0.25, -0.2) is 0 Å². The van der Waals surface area contributed by atoms with Crippen LogP contribution in [0.15, 0.2) is 0 Å². The Morgan fingerprint density at radius 1 is 1.35 bits per heavy atom. The van der Waals surface area contributed by atoms with Crippen LogP contribution in [0.4, 0.5) is 0 Å². The van der Waals surface area contributed by atoms with Crippen molar-refractivity contribution in [3.8, 4) is 0 Å². The predicted molar refractivity (Wildman–Crippen MR) is 66.5 cm³/mol. The van der Waals surface area contributed by atoms with E-state index in [1.807, 2.05) is 20.8 Å². The molecule has 0 aliphatic carbocycles. The van der Waals surface area contributed by atoms with E-state index in [4.69, 9.17) is 10.8 Å². The summed E-state index contributed by atoms with van der Waals surface area (Å²) in [6.07, 6.45) is 1.61. The van der Waals surface area contributed by atoms with Gasteiger partial charge < -0.3 is 16.2 Å². The normalized spacial score (nSPS) is 14.4. The quantitative estimate of drug-likeness (QED) is 0.593. The van der Waals surface area contributed by atoms with Gasteiger partial charge >= 0.3 is 5.97 Å². The van der Waals surface area contributed by atoms with Gasteiger partial charge in [0.25, 0.3) is 0 Å². The molecule has 5 nitrogen and oxygen atoms in total. The molecule has 0 saturated carbocycles. The molecule has 17 heavy (non-hydrogen) atoms. The lowest BCUT2D eigenvalue weighted by molar-refractivity contribution is -0.141. The van der Waals surface area contributed by atoms with Crippen LogP contribution in [0.1, 0.15) is 40.0 Å². The number of nitrogens with two attached hydrogens (primary N) is 1. The first-order valence-electron chi connectivity index (χ1n) is 6.13. The molecule has 0 fully saturated rings. The van der Waals surface area contributed by atoms with Crippen molar-refractivity contribution in [3.05, 3.63) is 0 Å². The van der Waals surface area contributed by atoms with Gasteiger partial charge in [-0.15, -0.1) is 0 Å². The number of carboxylic acid groups (broad SMARTS) is 1. The minimum atomic E-state index is -0.861. The third-order valence-electron chi connectivity index (χ3n) is 2.81. The average molecular weight is 244 g/mol. The third kappa shape index (κ3) is 6.94. The smallest absolute Gasteiger partial charge is 0.308 e. The minimum Gasteiger partial charge on any atom is -0.481 e. The average Bonchev–Trinajstić information content (AvgIpc) is 2.23. The highest BCUT2D eigenvalue weighted by molar-refractivity contribution is 5.77. The van der Waals surface area contributed by atoms with Gasteiger partial charge in [0.2, 0.25) is 5.91 Å². The van der Waals surface area contributed by atoms with Crippen molar-refractivity contribution in [2.45, 2.75) is 46.1 Å². The van der Waals surface area contributed by atoms with E-state index in [-0.39, 0.29) is 30.8 Å². The highest BCUT2D eigenvalue weighted by Crippen LogP contribution is 2.06. The van der Waals surface area contributed by atoms with Crippen LogP contribution in [0, 0.1) is 11.8 Å². The number of carbonyl (C=O) groups excluding carboxylic acids is 1. The molecule has 5 heteroatoms. The Labute approximate surface area is 103 Å². The summed E-state index contributed by atoms with van der Waals surface area (Å²) in [6.45, 7) is 6.02. The molecule has 0 aliphatic rings. The number of nitrogens with one attached hydrogen (secondary N) is 1. The lowest BCUT2D eigenvalue weighted by Gasteiger charge is -2.16. The number of hydrogen-bond donors (Lipinski definition) is 3. The maximum Gasteiger partial charge on any atom is 0.308 e. The number of aliphatic carboxylic acids is 1. The van der Waals surface area contributed by atoms with E-state index in [0.717, 1.165) is 6.42 Å². The van der Waals surface area contributed by atoms with Gasteiger partial charge in [0, 0.05) is 19.0 Å². The molecule has 100 valence electrons. The molecule has 0 aliphatic heterocycles. The molecule has 0 aromatic rings. The van der Waals surface area contributed by atoms with E-state index in [9.17, 15) is 9.59 Å². The molecule has 0 spiro atoms. The summed E-state index contributed by atoms with van der Waals surface area (Å²) >= 11 is 0. The van der Waals surface area contributed by atoms with E-state index in [2.05, 4.69) is 5.32 Å². The monoisotopic (exact) mass is 244 g/mol. The summed E-state index contributed by atoms with van der Waals surface area (Å²) < 4.78 is 0. The fraction of sp³-hybridized carbons (Fsp3) is 0.833. The Hall–Kier alpha value is -1.10. The van der Waals surface area contributed by atoms with Crippen molar-refractivity contribution < 1.29 is 14.7 Å². The van der Waals surface area contributed by atoms with Crippen LogP contribution in [0.25, 0.3) is 0 Å². The van der Waals surface area contributed by atoms with Crippen LogP contribution in [-0.4, -0.2) is 29.6 Å². The van der Waals surface area contributed by atoms with Crippen LogP contribution in [0.5, 0.6) is 0 Å². The molecule has 2 atom stereocenters. The Balaban J connectivity index is 4.00. The molecule has 2 unspecified atom stereocenters. The van der Waals surface area contributed by atoms with Crippen LogP contribution >= 0.6 is 0 Å². The Morgan fingerprint density at radius 3 is 2.35 bits per heavy atom. The second kappa shape index (κ2) is 8.06. The molecule has 0 rings (SSSR count). The van der Waals surface area contributed by atoms with Crippen LogP contribution < -0.4 is 11.1 Å². The fourth-order valence-corrected chi connectivity index (χ4v) is 1.42. The van der Waals surface area contributed by atoms with E-state index in [0.29, 0.717) is 6.42 Å². The Morgan fingerprint density at radius 2 is 1.94 bits per heavy atom. The lowest BCUT2D eigenvalue weighted by Crippen LogP contribution is -2.38. The molecule has 0 aromatic carbocycles. The highest BCUT2D eigenvalue weighted by atomic mass is 16.4. The van der Waals surface area contributed by atoms with Gasteiger partial charge in [-0.1, -0.05) is 27.2 Å². The van der Waals surface area contributed by atoms with Gasteiger partial charge in [0.05, 0.1) is 5.92 Å². The molecule has 0 heterocycles. The van der Waals surface area contributed by atoms with Crippen molar-refractivity contribution >= 4 is 11.9 Å². The first kappa shape index (κ1) is 15.9. The summed E-state index contributed by atoms with van der Waals surface area (Å²) in [5.41, 5.74) is 5.77. The number of hydrogen-bond acceptors (Lipinski definition) is 3. The first-order chi connectivity index (χ1) is 7.88. The summed E-state index contributed by atoms with van der Waals surface area (Å²) in [7, 11) is 0. The minimum absolute atomic E-state index is 0.173. The SMILES string of the molecule is CCCC(CNC(=O)CC(N)C(C)C)C(=O)O. The molecule has 4 N–H and O–H groups in total. The van der Waals surface area contributed by atoms with Gasteiger partial charge in [0.1, 0.15) is 0 Å². The van der Waals surface area contributed by atoms with Gasteiger partial charge in [-0.2, -0.15) is 0 Å². The van der Waals surface area contributed by atoms with Gasteiger partial charge in [-0.3, -0.25) is 9.59 Å². The summed E-state index contributed by atoms with van der Waals surface area (Å²) in [6, 6.07) is -0.176. The second-order valence-corrected chi connectivity index (χ2v) is 4.74. The van der Waals surface area contributed by atoms with Crippen molar-refractivity contribution in [2.75, 3.05) is 6.54 Å². The van der Waals surface area contributed by atoms with E-state index < -0.39 is 11.9 Å². The maximum atomic E-state index is 11.5. The summed E-state index contributed by atoms with van der Waals surface area (Å²) in [5.74, 6) is -1.29. The zero-order valence-electron chi connectivity index (χ0n) is 10.9. The van der Waals surface area contributed by atoms with E-state index >= 15 is 0 Å². The highest BCUT2D eigenvalue weighted by Gasteiger charge is 2.18. The number of carbonyl (C=O) groups is 2. The third-order valence-corrected chi connectivity index (χ3v) is 2.81. The molecular formula is C12H24N2O3. The lowest BCUT2D eigenvalue weighted by atomic mass is 10.0. The molecule has 0 aromatic heterocycles. The van der Waals surface area contributed by atoms with Crippen LogP contribution in [-0.2, 0) is 9.59 Å². The van der Waals surface area contributed by atoms with Crippen molar-refractivity contribution in [1.29, 1.82) is 0 Å². The van der Waals surface area contributed by atoms with E-state index in [1.165, 1.54) is 0 Å². The Bertz CT molecular complexity index is 254. The molecule has 0 radical (unpaired) electrons. The van der Waals surface area contributed by atoms with E-state index in [1.54, 1.807) is 0 Å². The molecule has 0 saturated heterocycles. The summed E-state index contributed by atoms with van der Waals surface area (Å²) in [5, 5.41) is 11.5.